The van der Waals surface area contributed by atoms with E-state index in [0.717, 1.165) is 11.1 Å². The minimum Gasteiger partial charge on any atom is -0.466 e. The number of hydrogen-bond acceptors (Lipinski definition) is 3. The molecule has 3 nitrogen and oxygen atoms in total. The molecular formula is C19H18ClNO2. The fourth-order valence-electron chi connectivity index (χ4n) is 2.66. The van der Waals surface area contributed by atoms with E-state index < -0.39 is 5.92 Å². The van der Waals surface area contributed by atoms with Crippen molar-refractivity contribution in [1.29, 1.82) is 5.26 Å². The van der Waals surface area contributed by atoms with Crippen molar-refractivity contribution in [2.45, 2.75) is 25.2 Å². The van der Waals surface area contributed by atoms with Gasteiger partial charge in [0.2, 0.25) is 0 Å². The van der Waals surface area contributed by atoms with E-state index in [-0.39, 0.29) is 18.3 Å². The van der Waals surface area contributed by atoms with Crippen LogP contribution in [0.15, 0.2) is 54.6 Å². The van der Waals surface area contributed by atoms with Crippen molar-refractivity contribution in [2.75, 3.05) is 6.61 Å². The maximum absolute atomic E-state index is 12.5. The second-order valence-electron chi connectivity index (χ2n) is 5.16. The normalized spacial score (nSPS) is 12.9. The molecule has 4 heteroatoms. The van der Waals surface area contributed by atoms with Crippen molar-refractivity contribution in [2.24, 2.45) is 0 Å². The molecule has 118 valence electrons. The van der Waals surface area contributed by atoms with Crippen LogP contribution in [0, 0.1) is 11.3 Å². The largest absolute Gasteiger partial charge is 0.466 e. The first-order chi connectivity index (χ1) is 11.2. The van der Waals surface area contributed by atoms with E-state index in [1.807, 2.05) is 42.5 Å². The lowest BCUT2D eigenvalue weighted by molar-refractivity contribution is -0.145. The van der Waals surface area contributed by atoms with Gasteiger partial charge in [-0.1, -0.05) is 54.1 Å². The highest BCUT2D eigenvalue weighted by Gasteiger charge is 2.32. The highest BCUT2D eigenvalue weighted by molar-refractivity contribution is 6.30. The SMILES string of the molecule is CCOC(=O)C(c1ccccc1)C(CC#N)c1ccc(Cl)cc1. The summed E-state index contributed by atoms with van der Waals surface area (Å²) in [6.07, 6.45) is 0.222. The smallest absolute Gasteiger partial charge is 0.314 e. The monoisotopic (exact) mass is 327 g/mol. The zero-order chi connectivity index (χ0) is 16.7. The van der Waals surface area contributed by atoms with E-state index in [1.165, 1.54) is 0 Å². The van der Waals surface area contributed by atoms with Gasteiger partial charge in [0.15, 0.2) is 0 Å². The molecule has 2 rings (SSSR count). The van der Waals surface area contributed by atoms with Crippen LogP contribution in [0.1, 0.15) is 36.3 Å². The molecule has 0 aliphatic rings. The maximum atomic E-state index is 12.5. The number of carbonyl (C=O) groups is 1. The summed E-state index contributed by atoms with van der Waals surface area (Å²) in [5.74, 6) is -1.11. The number of benzene rings is 2. The van der Waals surface area contributed by atoms with Crippen molar-refractivity contribution < 1.29 is 9.53 Å². The van der Waals surface area contributed by atoms with Crippen LogP contribution in [-0.4, -0.2) is 12.6 Å². The van der Waals surface area contributed by atoms with Gasteiger partial charge in [-0.3, -0.25) is 4.79 Å². The van der Waals surface area contributed by atoms with Crippen LogP contribution in [0.2, 0.25) is 5.02 Å². The Bertz CT molecular complexity index is 677. The molecule has 23 heavy (non-hydrogen) atoms. The summed E-state index contributed by atoms with van der Waals surface area (Å²) >= 11 is 5.95. The highest BCUT2D eigenvalue weighted by atomic mass is 35.5. The first-order valence-corrected chi connectivity index (χ1v) is 7.89. The number of halogens is 1. The molecule has 0 spiro atoms. The Labute approximate surface area is 141 Å². The fourth-order valence-corrected chi connectivity index (χ4v) is 2.79. The van der Waals surface area contributed by atoms with Gasteiger partial charge in [0.1, 0.15) is 0 Å². The number of nitrogens with zero attached hydrogens (tertiary/aromatic N) is 1. The predicted octanol–water partition coefficient (Wildman–Crippen LogP) is 4.68. The number of esters is 1. The third-order valence-electron chi connectivity index (χ3n) is 3.71. The van der Waals surface area contributed by atoms with Gasteiger partial charge in [-0.2, -0.15) is 5.26 Å². The van der Waals surface area contributed by atoms with Crippen molar-refractivity contribution in [3.63, 3.8) is 0 Å². The van der Waals surface area contributed by atoms with E-state index in [1.54, 1.807) is 19.1 Å². The van der Waals surface area contributed by atoms with Gasteiger partial charge in [-0.15, -0.1) is 0 Å². The molecule has 0 saturated heterocycles. The minimum absolute atomic E-state index is 0.222. The molecule has 0 aromatic heterocycles. The van der Waals surface area contributed by atoms with E-state index in [4.69, 9.17) is 16.3 Å². The molecule has 0 radical (unpaired) electrons. The lowest BCUT2D eigenvalue weighted by Gasteiger charge is -2.24. The first kappa shape index (κ1) is 17.1. The molecule has 0 saturated carbocycles. The van der Waals surface area contributed by atoms with Crippen LogP contribution >= 0.6 is 11.6 Å². The quantitative estimate of drug-likeness (QED) is 0.723. The van der Waals surface area contributed by atoms with Crippen LogP contribution in [0.5, 0.6) is 0 Å². The summed E-state index contributed by atoms with van der Waals surface area (Å²) in [6, 6.07) is 18.9. The molecule has 0 amide bonds. The van der Waals surface area contributed by atoms with Crippen LogP contribution in [0.25, 0.3) is 0 Å². The molecule has 2 atom stereocenters. The second-order valence-corrected chi connectivity index (χ2v) is 5.60. The lowest BCUT2D eigenvalue weighted by atomic mass is 9.79. The summed E-state index contributed by atoms with van der Waals surface area (Å²) in [6.45, 7) is 2.09. The van der Waals surface area contributed by atoms with Gasteiger partial charge in [0, 0.05) is 17.4 Å². The number of hydrogen-bond donors (Lipinski definition) is 0. The predicted molar refractivity (Wildman–Crippen MR) is 90.2 cm³/mol. The second kappa shape index (κ2) is 8.36. The summed E-state index contributed by atoms with van der Waals surface area (Å²) in [4.78, 5) is 12.5. The topological polar surface area (TPSA) is 50.1 Å². The molecular weight excluding hydrogens is 310 g/mol. The molecule has 0 bridgehead atoms. The fraction of sp³-hybridized carbons (Fsp3) is 0.263. The van der Waals surface area contributed by atoms with Crippen LogP contribution in [0.3, 0.4) is 0 Å². The summed E-state index contributed by atoms with van der Waals surface area (Å²) in [7, 11) is 0. The molecule has 2 aromatic rings. The van der Waals surface area contributed by atoms with Crippen LogP contribution < -0.4 is 0 Å². The van der Waals surface area contributed by atoms with Gasteiger partial charge in [0.25, 0.3) is 0 Å². The van der Waals surface area contributed by atoms with Gasteiger partial charge < -0.3 is 4.74 Å². The Kier molecular flexibility index (Phi) is 6.19. The highest BCUT2D eigenvalue weighted by Crippen LogP contribution is 2.37. The number of carbonyl (C=O) groups excluding carboxylic acids is 1. The molecule has 2 aromatic carbocycles. The Hall–Kier alpha value is -2.31. The molecule has 0 N–H and O–H groups in total. The first-order valence-electron chi connectivity index (χ1n) is 7.51. The van der Waals surface area contributed by atoms with Crippen molar-refractivity contribution in [1.82, 2.24) is 0 Å². The summed E-state index contributed by atoms with van der Waals surface area (Å²) in [5, 5.41) is 9.85. The maximum Gasteiger partial charge on any atom is 0.314 e. The zero-order valence-electron chi connectivity index (χ0n) is 12.9. The van der Waals surface area contributed by atoms with Crippen LogP contribution in [-0.2, 0) is 9.53 Å². The van der Waals surface area contributed by atoms with Crippen molar-refractivity contribution in [3.05, 3.63) is 70.7 Å². The summed E-state index contributed by atoms with van der Waals surface area (Å²) < 4.78 is 5.26. The number of nitriles is 1. The van der Waals surface area contributed by atoms with Gasteiger partial charge in [-0.05, 0) is 30.2 Å². The van der Waals surface area contributed by atoms with Gasteiger partial charge in [-0.25, -0.2) is 0 Å². The number of rotatable bonds is 6. The van der Waals surface area contributed by atoms with Gasteiger partial charge >= 0.3 is 5.97 Å². The Morgan fingerprint density at radius 2 is 1.78 bits per heavy atom. The molecule has 0 heterocycles. The average Bonchev–Trinajstić information content (AvgIpc) is 2.56. The Balaban J connectivity index is 2.46. The molecule has 0 fully saturated rings. The lowest BCUT2D eigenvalue weighted by Crippen LogP contribution is -2.23. The van der Waals surface area contributed by atoms with E-state index >= 15 is 0 Å². The number of ether oxygens (including phenoxy) is 1. The van der Waals surface area contributed by atoms with E-state index in [9.17, 15) is 10.1 Å². The summed E-state index contributed by atoms with van der Waals surface area (Å²) in [5.41, 5.74) is 1.75. The zero-order valence-corrected chi connectivity index (χ0v) is 13.7. The van der Waals surface area contributed by atoms with Crippen LogP contribution in [0.4, 0.5) is 0 Å². The van der Waals surface area contributed by atoms with E-state index in [2.05, 4.69) is 6.07 Å². The van der Waals surface area contributed by atoms with Crippen molar-refractivity contribution >= 4 is 17.6 Å². The Morgan fingerprint density at radius 1 is 1.13 bits per heavy atom. The standard InChI is InChI=1S/C19H18ClNO2/c1-2-23-19(22)18(15-6-4-3-5-7-15)17(12-13-21)14-8-10-16(20)11-9-14/h3-11,17-18H,2,12H2,1H3. The van der Waals surface area contributed by atoms with Crippen molar-refractivity contribution in [3.8, 4) is 6.07 Å². The van der Waals surface area contributed by atoms with E-state index in [0.29, 0.717) is 11.6 Å². The Morgan fingerprint density at radius 3 is 2.35 bits per heavy atom. The minimum atomic E-state index is -0.517. The molecule has 2 unspecified atom stereocenters. The molecule has 0 aliphatic carbocycles. The third kappa shape index (κ3) is 4.34. The van der Waals surface area contributed by atoms with Gasteiger partial charge in [0.05, 0.1) is 18.6 Å². The average molecular weight is 328 g/mol. The molecule has 0 aliphatic heterocycles. The third-order valence-corrected chi connectivity index (χ3v) is 3.96.